The third-order valence-corrected chi connectivity index (χ3v) is 2.01. The summed E-state index contributed by atoms with van der Waals surface area (Å²) in [6.07, 6.45) is 1.27. The van der Waals surface area contributed by atoms with Gasteiger partial charge < -0.3 is 5.21 Å². The Morgan fingerprint density at radius 3 is 2.92 bits per heavy atom. The quantitative estimate of drug-likeness (QED) is 0.452. The van der Waals surface area contributed by atoms with Gasteiger partial charge in [0.05, 0.1) is 11.8 Å². The first kappa shape index (κ1) is 8.75. The molecule has 1 aromatic carbocycles. The van der Waals surface area contributed by atoms with Crippen LogP contribution in [-0.2, 0) is 0 Å². The normalized spacial score (nSPS) is 10.0. The maximum Gasteiger partial charge on any atom is 0.100 e. The van der Waals surface area contributed by atoms with E-state index < -0.39 is 0 Å². The number of hydrogen-bond donors (Lipinski definition) is 1. The van der Waals surface area contributed by atoms with E-state index in [0.717, 1.165) is 4.47 Å². The zero-order valence-corrected chi connectivity index (χ0v) is 7.62. The van der Waals surface area contributed by atoms with E-state index in [-0.39, 0.29) is 0 Å². The molecule has 0 heterocycles. The molecule has 3 nitrogen and oxygen atoms in total. The fraction of sp³-hybridized carbons (Fsp3) is 0. The van der Waals surface area contributed by atoms with Gasteiger partial charge >= 0.3 is 0 Å². The van der Waals surface area contributed by atoms with E-state index in [1.165, 1.54) is 6.21 Å². The lowest BCUT2D eigenvalue weighted by Gasteiger charge is -1.95. The summed E-state index contributed by atoms with van der Waals surface area (Å²) in [6, 6.07) is 7.11. The van der Waals surface area contributed by atoms with Gasteiger partial charge in [0.25, 0.3) is 0 Å². The van der Waals surface area contributed by atoms with Gasteiger partial charge in [0, 0.05) is 4.47 Å². The maximum atomic E-state index is 8.62. The summed E-state index contributed by atoms with van der Waals surface area (Å²) < 4.78 is 0.736. The zero-order chi connectivity index (χ0) is 8.97. The molecular formula is C8H5BrN2O. The number of hydrogen-bond acceptors (Lipinski definition) is 3. The molecule has 0 unspecified atom stereocenters. The van der Waals surface area contributed by atoms with Crippen LogP contribution < -0.4 is 0 Å². The van der Waals surface area contributed by atoms with E-state index in [0.29, 0.717) is 11.1 Å². The van der Waals surface area contributed by atoms with Crippen LogP contribution in [0.5, 0.6) is 0 Å². The third-order valence-electron chi connectivity index (χ3n) is 1.32. The Kier molecular flexibility index (Phi) is 2.83. The van der Waals surface area contributed by atoms with Gasteiger partial charge in [0.15, 0.2) is 0 Å². The Bertz CT molecular complexity index is 355. The van der Waals surface area contributed by atoms with E-state index in [9.17, 15) is 0 Å². The van der Waals surface area contributed by atoms with Crippen molar-refractivity contribution in [1.82, 2.24) is 0 Å². The van der Waals surface area contributed by atoms with Crippen LogP contribution in [0.1, 0.15) is 11.1 Å². The van der Waals surface area contributed by atoms with E-state index in [4.69, 9.17) is 10.5 Å². The predicted octanol–water partition coefficient (Wildman–Crippen LogP) is 2.13. The van der Waals surface area contributed by atoms with Crippen molar-refractivity contribution in [2.24, 2.45) is 5.16 Å². The third kappa shape index (κ3) is 1.83. The minimum Gasteiger partial charge on any atom is -0.411 e. The van der Waals surface area contributed by atoms with Crippen molar-refractivity contribution in [2.75, 3.05) is 0 Å². The molecule has 0 spiro atoms. The number of rotatable bonds is 1. The maximum absolute atomic E-state index is 8.62. The summed E-state index contributed by atoms with van der Waals surface area (Å²) in [5.41, 5.74) is 1.21. The molecular weight excluding hydrogens is 220 g/mol. The SMILES string of the molecule is N#Cc1cc(/C=N/O)ccc1Br. The second-order valence-corrected chi connectivity index (χ2v) is 2.95. The van der Waals surface area contributed by atoms with Crippen LogP contribution in [0.2, 0.25) is 0 Å². The average Bonchev–Trinajstić information content (AvgIpc) is 2.09. The Hall–Kier alpha value is -1.34. The van der Waals surface area contributed by atoms with Crippen LogP contribution in [0, 0.1) is 11.3 Å². The van der Waals surface area contributed by atoms with Crippen molar-refractivity contribution in [1.29, 1.82) is 5.26 Å². The molecule has 0 atom stereocenters. The Labute approximate surface area is 78.1 Å². The fourth-order valence-electron chi connectivity index (χ4n) is 0.776. The van der Waals surface area contributed by atoms with Crippen LogP contribution >= 0.6 is 15.9 Å². The summed E-state index contributed by atoms with van der Waals surface area (Å²) in [5.74, 6) is 0. The minimum atomic E-state index is 0.521. The second-order valence-electron chi connectivity index (χ2n) is 2.10. The molecule has 1 N–H and O–H groups in total. The van der Waals surface area contributed by atoms with Gasteiger partial charge in [-0.15, -0.1) is 0 Å². The second kappa shape index (κ2) is 3.88. The van der Waals surface area contributed by atoms with Crippen molar-refractivity contribution in [3.63, 3.8) is 0 Å². The highest BCUT2D eigenvalue weighted by molar-refractivity contribution is 9.10. The molecule has 0 aliphatic heterocycles. The number of nitrogens with zero attached hydrogens (tertiary/aromatic N) is 2. The van der Waals surface area contributed by atoms with E-state index in [1.807, 2.05) is 6.07 Å². The molecule has 0 saturated heterocycles. The average molecular weight is 225 g/mol. The van der Waals surface area contributed by atoms with E-state index in [1.54, 1.807) is 18.2 Å². The molecule has 0 aliphatic rings. The first-order chi connectivity index (χ1) is 5.77. The fourth-order valence-corrected chi connectivity index (χ4v) is 1.11. The lowest BCUT2D eigenvalue weighted by atomic mass is 10.1. The molecule has 0 radical (unpaired) electrons. The highest BCUT2D eigenvalue weighted by Crippen LogP contribution is 2.16. The molecule has 0 fully saturated rings. The highest BCUT2D eigenvalue weighted by Gasteiger charge is 1.98. The topological polar surface area (TPSA) is 56.4 Å². The van der Waals surface area contributed by atoms with Gasteiger partial charge in [-0.25, -0.2) is 0 Å². The summed E-state index contributed by atoms with van der Waals surface area (Å²) in [6.45, 7) is 0. The van der Waals surface area contributed by atoms with Crippen molar-refractivity contribution >= 4 is 22.1 Å². The van der Waals surface area contributed by atoms with Gasteiger partial charge in [-0.1, -0.05) is 11.2 Å². The van der Waals surface area contributed by atoms with E-state index in [2.05, 4.69) is 21.1 Å². The van der Waals surface area contributed by atoms with Gasteiger partial charge in [-0.3, -0.25) is 0 Å². The van der Waals surface area contributed by atoms with Gasteiger partial charge in [-0.05, 0) is 33.6 Å². The standard InChI is InChI=1S/C8H5BrN2O/c9-8-2-1-6(5-11-12)3-7(8)4-10/h1-3,5,12H/b11-5+. The molecule has 12 heavy (non-hydrogen) atoms. The monoisotopic (exact) mass is 224 g/mol. The molecule has 0 saturated carbocycles. The molecule has 1 rings (SSSR count). The van der Waals surface area contributed by atoms with E-state index >= 15 is 0 Å². The highest BCUT2D eigenvalue weighted by atomic mass is 79.9. The predicted molar refractivity (Wildman–Crippen MR) is 48.2 cm³/mol. The van der Waals surface area contributed by atoms with Crippen LogP contribution in [0.15, 0.2) is 27.8 Å². The van der Waals surface area contributed by atoms with Crippen molar-refractivity contribution in [2.45, 2.75) is 0 Å². The molecule has 60 valence electrons. The van der Waals surface area contributed by atoms with Gasteiger partial charge in [0.1, 0.15) is 6.07 Å². The first-order valence-electron chi connectivity index (χ1n) is 3.15. The summed E-state index contributed by atoms with van der Waals surface area (Å²) in [7, 11) is 0. The van der Waals surface area contributed by atoms with Crippen molar-refractivity contribution < 1.29 is 5.21 Å². The Morgan fingerprint density at radius 2 is 2.33 bits per heavy atom. The van der Waals surface area contributed by atoms with Crippen LogP contribution in [0.4, 0.5) is 0 Å². The summed E-state index contributed by atoms with van der Waals surface area (Å²) in [4.78, 5) is 0. The van der Waals surface area contributed by atoms with Gasteiger partial charge in [0.2, 0.25) is 0 Å². The molecule has 0 aromatic heterocycles. The van der Waals surface area contributed by atoms with Crippen LogP contribution in [0.25, 0.3) is 0 Å². The van der Waals surface area contributed by atoms with Crippen molar-refractivity contribution in [3.8, 4) is 6.07 Å². The number of nitriles is 1. The number of oxime groups is 1. The van der Waals surface area contributed by atoms with Gasteiger partial charge in [-0.2, -0.15) is 5.26 Å². The Balaban J connectivity index is 3.16. The van der Waals surface area contributed by atoms with Crippen LogP contribution in [-0.4, -0.2) is 11.4 Å². The summed E-state index contributed by atoms with van der Waals surface area (Å²) >= 11 is 3.21. The van der Waals surface area contributed by atoms with Crippen LogP contribution in [0.3, 0.4) is 0 Å². The summed E-state index contributed by atoms with van der Waals surface area (Å²) in [5, 5.41) is 19.7. The molecule has 0 bridgehead atoms. The Morgan fingerprint density at radius 1 is 1.58 bits per heavy atom. The molecule has 0 amide bonds. The molecule has 4 heteroatoms. The lowest BCUT2D eigenvalue weighted by Crippen LogP contribution is -1.84. The zero-order valence-electron chi connectivity index (χ0n) is 6.03. The molecule has 0 aliphatic carbocycles. The number of benzene rings is 1. The largest absolute Gasteiger partial charge is 0.411 e. The van der Waals surface area contributed by atoms with Crippen molar-refractivity contribution in [3.05, 3.63) is 33.8 Å². The molecule has 1 aromatic rings. The minimum absolute atomic E-state index is 0.521. The number of halogens is 1. The lowest BCUT2D eigenvalue weighted by molar-refractivity contribution is 0.322. The smallest absolute Gasteiger partial charge is 0.100 e. The first-order valence-corrected chi connectivity index (χ1v) is 3.94.